The van der Waals surface area contributed by atoms with Gasteiger partial charge in [-0.25, -0.2) is 0 Å². The zero-order valence-electron chi connectivity index (χ0n) is 32.7. The van der Waals surface area contributed by atoms with Crippen LogP contribution < -0.4 is 26.2 Å². The van der Waals surface area contributed by atoms with Crippen LogP contribution in [-0.2, 0) is 20.1 Å². The summed E-state index contributed by atoms with van der Waals surface area (Å²) in [5.74, 6) is 0. The fourth-order valence-corrected chi connectivity index (χ4v) is 8.24. The van der Waals surface area contributed by atoms with E-state index in [1.807, 2.05) is 24.5 Å². The van der Waals surface area contributed by atoms with Gasteiger partial charge in [-0.15, -0.1) is 52.5 Å². The zero-order chi connectivity index (χ0) is 38.3. The minimum Gasteiger partial charge on any atom is -0.385 e. The SMILES string of the molecule is CN1c2ccccc2B2c3ccccc3N(C)c3c(-c4cc(-c5ccccc5)ccn4)[c-]cc1c32.Cc1cnc(-c2[c-]cc(C)c(-c3ccccc3)c2)cc1C.[Ir]. The quantitative estimate of drug-likeness (QED) is 0.130. The van der Waals surface area contributed by atoms with Gasteiger partial charge in [0, 0.05) is 58.0 Å². The Morgan fingerprint density at radius 1 is 0.526 bits per heavy atom. The van der Waals surface area contributed by atoms with Crippen LogP contribution in [0.5, 0.6) is 0 Å². The number of aromatic nitrogens is 2. The zero-order valence-corrected chi connectivity index (χ0v) is 35.1. The normalized spacial score (nSPS) is 12.1. The molecule has 0 bridgehead atoms. The number of hydrogen-bond acceptors (Lipinski definition) is 4. The van der Waals surface area contributed by atoms with Crippen LogP contribution in [0.15, 0.2) is 158 Å². The van der Waals surface area contributed by atoms with E-state index in [9.17, 15) is 0 Å². The molecular weight excluding hydrogens is 872 g/mol. The number of anilines is 4. The monoisotopic (exact) mass is 913 g/mol. The summed E-state index contributed by atoms with van der Waals surface area (Å²) in [7, 11) is 4.33. The van der Waals surface area contributed by atoms with Gasteiger partial charge in [0.1, 0.15) is 0 Å². The van der Waals surface area contributed by atoms with Gasteiger partial charge in [0.15, 0.2) is 0 Å². The Labute approximate surface area is 350 Å². The molecule has 0 saturated carbocycles. The fraction of sp³-hybridized carbons (Fsp3) is 0.0980. The molecule has 4 nitrogen and oxygen atoms in total. The minimum absolute atomic E-state index is 0. The van der Waals surface area contributed by atoms with E-state index >= 15 is 0 Å². The number of nitrogens with zero attached hydrogens (tertiary/aromatic N) is 4. The second-order valence-electron chi connectivity index (χ2n) is 14.7. The van der Waals surface area contributed by atoms with Crippen molar-refractivity contribution < 1.29 is 20.1 Å². The average molecular weight is 913 g/mol. The van der Waals surface area contributed by atoms with E-state index in [0.717, 1.165) is 28.1 Å². The maximum Gasteiger partial charge on any atom is 0.232 e. The number of hydrogen-bond donors (Lipinski definition) is 0. The fourth-order valence-electron chi connectivity index (χ4n) is 8.24. The molecule has 6 heteroatoms. The molecule has 0 N–H and O–H groups in total. The van der Waals surface area contributed by atoms with Crippen LogP contribution in [0.3, 0.4) is 0 Å². The Morgan fingerprint density at radius 2 is 1.16 bits per heavy atom. The molecule has 57 heavy (non-hydrogen) atoms. The summed E-state index contributed by atoms with van der Waals surface area (Å²) in [6.45, 7) is 6.49. The Balaban J connectivity index is 0.000000178. The number of rotatable bonds is 4. The standard InChI is InChI=1S/C31H23BN3.C20H18N.Ir/c1-34-27-14-8-6-12-24(27)32-25-13-7-9-15-28(25)35(2)31-23(16-17-29(34)30(31)32)26-20-22(18-19-33-26)21-10-4-3-5-11-21;1-14-9-10-18(20-11-15(2)16(3)13-21-20)12-19(14)17-7-5-4-6-8-17;/h3-15,17-20H,1-2H3;4-9,11-13H,1-3H3;/q2*-1;. The molecule has 6 aromatic carbocycles. The van der Waals surface area contributed by atoms with Crippen molar-refractivity contribution in [2.75, 3.05) is 23.9 Å². The third-order valence-corrected chi connectivity index (χ3v) is 11.3. The summed E-state index contributed by atoms with van der Waals surface area (Å²) in [5, 5.41) is 0. The molecule has 2 aliphatic heterocycles. The molecular formula is C51H41BIrN4-2. The maximum absolute atomic E-state index is 4.82. The van der Waals surface area contributed by atoms with Gasteiger partial charge in [-0.05, 0) is 88.0 Å². The van der Waals surface area contributed by atoms with E-state index < -0.39 is 0 Å². The van der Waals surface area contributed by atoms with Crippen molar-refractivity contribution in [2.45, 2.75) is 20.8 Å². The van der Waals surface area contributed by atoms with E-state index in [4.69, 9.17) is 4.98 Å². The molecule has 0 saturated heterocycles. The van der Waals surface area contributed by atoms with Crippen LogP contribution in [-0.4, -0.2) is 30.8 Å². The predicted molar refractivity (Wildman–Crippen MR) is 236 cm³/mol. The smallest absolute Gasteiger partial charge is 0.232 e. The second kappa shape index (κ2) is 15.8. The largest absolute Gasteiger partial charge is 0.385 e. The van der Waals surface area contributed by atoms with Crippen LogP contribution in [0.25, 0.3) is 44.8 Å². The van der Waals surface area contributed by atoms with Gasteiger partial charge < -0.3 is 19.8 Å². The molecule has 0 spiro atoms. The summed E-state index contributed by atoms with van der Waals surface area (Å²) in [6, 6.07) is 58.3. The van der Waals surface area contributed by atoms with E-state index in [1.165, 1.54) is 72.5 Å². The van der Waals surface area contributed by atoms with Crippen molar-refractivity contribution in [3.05, 3.63) is 187 Å². The van der Waals surface area contributed by atoms with Crippen LogP contribution >= 0.6 is 0 Å². The number of para-hydroxylation sites is 2. The van der Waals surface area contributed by atoms with Gasteiger partial charge in [-0.2, -0.15) is 0 Å². The average Bonchev–Trinajstić information content (AvgIpc) is 3.25. The van der Waals surface area contributed by atoms with Gasteiger partial charge in [0.25, 0.3) is 0 Å². The maximum atomic E-state index is 4.82. The first-order valence-corrected chi connectivity index (χ1v) is 19.1. The predicted octanol–water partition coefficient (Wildman–Crippen LogP) is 10.0. The van der Waals surface area contributed by atoms with Crippen LogP contribution in [0.2, 0.25) is 0 Å². The summed E-state index contributed by atoms with van der Waals surface area (Å²) in [5.41, 5.74) is 21.4. The molecule has 2 aromatic heterocycles. The molecule has 0 fully saturated rings. The number of aryl methyl sites for hydroxylation is 3. The van der Waals surface area contributed by atoms with Crippen molar-refractivity contribution >= 4 is 45.9 Å². The summed E-state index contributed by atoms with van der Waals surface area (Å²) >= 11 is 0. The number of fused-ring (bicyclic) bond motifs is 4. The first-order chi connectivity index (χ1) is 27.4. The molecule has 279 valence electrons. The molecule has 0 unspecified atom stereocenters. The van der Waals surface area contributed by atoms with Crippen molar-refractivity contribution in [2.24, 2.45) is 0 Å². The first kappa shape index (κ1) is 37.8. The molecule has 8 aromatic rings. The number of pyridine rings is 2. The van der Waals surface area contributed by atoms with E-state index in [1.54, 1.807) is 0 Å². The first-order valence-electron chi connectivity index (χ1n) is 19.1. The van der Waals surface area contributed by atoms with Gasteiger partial charge in [0.05, 0.1) is 0 Å². The Morgan fingerprint density at radius 3 is 1.84 bits per heavy atom. The van der Waals surface area contributed by atoms with Crippen molar-refractivity contribution in [3.8, 4) is 44.8 Å². The summed E-state index contributed by atoms with van der Waals surface area (Å²) < 4.78 is 0. The molecule has 1 radical (unpaired) electrons. The third-order valence-electron chi connectivity index (χ3n) is 11.3. The van der Waals surface area contributed by atoms with Crippen LogP contribution in [0.1, 0.15) is 16.7 Å². The third kappa shape index (κ3) is 6.90. The number of benzene rings is 6. The molecule has 4 heterocycles. The molecule has 0 aliphatic carbocycles. The Bertz CT molecular complexity index is 2720. The van der Waals surface area contributed by atoms with Gasteiger partial charge in [0.2, 0.25) is 6.71 Å². The van der Waals surface area contributed by atoms with Gasteiger partial charge >= 0.3 is 0 Å². The van der Waals surface area contributed by atoms with Crippen molar-refractivity contribution in [1.82, 2.24) is 9.97 Å². The summed E-state index contributed by atoms with van der Waals surface area (Å²) in [6.07, 6.45) is 3.84. The van der Waals surface area contributed by atoms with E-state index in [2.05, 4.69) is 195 Å². The van der Waals surface area contributed by atoms with Crippen LogP contribution in [0, 0.1) is 32.9 Å². The van der Waals surface area contributed by atoms with Crippen LogP contribution in [0.4, 0.5) is 22.7 Å². The van der Waals surface area contributed by atoms with E-state index in [0.29, 0.717) is 0 Å². The second-order valence-corrected chi connectivity index (χ2v) is 14.7. The molecule has 0 amide bonds. The van der Waals surface area contributed by atoms with Crippen molar-refractivity contribution in [3.63, 3.8) is 0 Å². The minimum atomic E-state index is 0. The molecule has 0 atom stereocenters. The van der Waals surface area contributed by atoms with Crippen molar-refractivity contribution in [1.29, 1.82) is 0 Å². The Hall–Kier alpha value is -6.07. The van der Waals surface area contributed by atoms with Gasteiger partial charge in [-0.1, -0.05) is 127 Å². The van der Waals surface area contributed by atoms with Gasteiger partial charge in [-0.3, -0.25) is 0 Å². The topological polar surface area (TPSA) is 32.3 Å². The Kier molecular flexibility index (Phi) is 10.5. The molecule has 2 aliphatic rings. The summed E-state index contributed by atoms with van der Waals surface area (Å²) in [4.78, 5) is 14.0. The van der Waals surface area contributed by atoms with E-state index in [-0.39, 0.29) is 26.8 Å². The molecule has 10 rings (SSSR count).